The van der Waals surface area contributed by atoms with Crippen molar-refractivity contribution < 1.29 is 13.6 Å². The summed E-state index contributed by atoms with van der Waals surface area (Å²) in [5.41, 5.74) is 0.748. The minimum atomic E-state index is -2.54. The number of carbonyl (C=O) groups is 1. The Labute approximate surface area is 95.6 Å². The van der Waals surface area contributed by atoms with Crippen LogP contribution in [0.1, 0.15) is 34.8 Å². The minimum absolute atomic E-state index is 0.0750. The molecule has 0 aliphatic rings. The van der Waals surface area contributed by atoms with E-state index < -0.39 is 6.43 Å². The maximum atomic E-state index is 12.5. The van der Waals surface area contributed by atoms with Crippen LogP contribution in [0.25, 0.3) is 0 Å². The molecular formula is C11H11BrF2O. The standard InChI is InChI=1S/C11H11BrF2O/c1-6-3-4-8(10(15)7(2)12)5-9(6)11(13)14/h3-5,7,11H,1-2H3. The molecule has 1 unspecified atom stereocenters. The molecule has 15 heavy (non-hydrogen) atoms. The molecule has 1 nitrogen and oxygen atoms in total. The Bertz CT molecular complexity index is 375. The lowest BCUT2D eigenvalue weighted by atomic mass is 10.0. The normalized spacial score (nSPS) is 12.9. The molecule has 1 aromatic carbocycles. The lowest BCUT2D eigenvalue weighted by molar-refractivity contribution is 0.0995. The van der Waals surface area contributed by atoms with E-state index in [1.165, 1.54) is 6.07 Å². The molecule has 0 saturated carbocycles. The zero-order valence-corrected chi connectivity index (χ0v) is 10.0. The first-order valence-electron chi connectivity index (χ1n) is 4.50. The van der Waals surface area contributed by atoms with Gasteiger partial charge in [-0.15, -0.1) is 0 Å². The van der Waals surface area contributed by atoms with E-state index in [1.807, 2.05) is 0 Å². The monoisotopic (exact) mass is 276 g/mol. The van der Waals surface area contributed by atoms with Gasteiger partial charge in [-0.1, -0.05) is 28.1 Å². The number of ketones is 1. The predicted molar refractivity (Wildman–Crippen MR) is 58.9 cm³/mol. The molecule has 0 heterocycles. The summed E-state index contributed by atoms with van der Waals surface area (Å²) < 4.78 is 25.1. The number of aryl methyl sites for hydroxylation is 1. The average molecular weight is 277 g/mol. The van der Waals surface area contributed by atoms with Crippen molar-refractivity contribution >= 4 is 21.7 Å². The maximum Gasteiger partial charge on any atom is 0.264 e. The van der Waals surface area contributed by atoms with Crippen LogP contribution < -0.4 is 0 Å². The van der Waals surface area contributed by atoms with E-state index in [9.17, 15) is 13.6 Å². The smallest absolute Gasteiger partial charge is 0.264 e. The van der Waals surface area contributed by atoms with Crippen LogP contribution in [-0.2, 0) is 0 Å². The van der Waals surface area contributed by atoms with Gasteiger partial charge >= 0.3 is 0 Å². The molecular weight excluding hydrogens is 266 g/mol. The first kappa shape index (κ1) is 12.3. The summed E-state index contributed by atoms with van der Waals surface area (Å²) >= 11 is 3.12. The molecule has 0 bridgehead atoms. The van der Waals surface area contributed by atoms with Crippen LogP contribution in [0.4, 0.5) is 8.78 Å². The van der Waals surface area contributed by atoms with E-state index in [0.717, 1.165) is 0 Å². The van der Waals surface area contributed by atoms with Gasteiger partial charge in [0.05, 0.1) is 4.83 Å². The Balaban J connectivity index is 3.13. The molecule has 0 aliphatic heterocycles. The summed E-state index contributed by atoms with van der Waals surface area (Å²) in [5, 5.41) is 0. The second-order valence-electron chi connectivity index (χ2n) is 3.35. The zero-order valence-electron chi connectivity index (χ0n) is 8.43. The predicted octanol–water partition coefficient (Wildman–Crippen LogP) is 3.90. The van der Waals surface area contributed by atoms with Crippen LogP contribution >= 0.6 is 15.9 Å². The Morgan fingerprint density at radius 1 is 1.40 bits per heavy atom. The van der Waals surface area contributed by atoms with Gasteiger partial charge in [0.2, 0.25) is 0 Å². The average Bonchev–Trinajstić information content (AvgIpc) is 2.16. The molecule has 1 aromatic rings. The van der Waals surface area contributed by atoms with Crippen molar-refractivity contribution in [1.82, 2.24) is 0 Å². The third kappa shape index (κ3) is 2.84. The van der Waals surface area contributed by atoms with Gasteiger partial charge in [0, 0.05) is 11.1 Å². The summed E-state index contributed by atoms with van der Waals surface area (Å²) in [4.78, 5) is 11.2. The van der Waals surface area contributed by atoms with Gasteiger partial charge in [-0.05, 0) is 25.5 Å². The Kier molecular flexibility index (Phi) is 3.97. The summed E-state index contributed by atoms with van der Waals surface area (Å²) in [6.45, 7) is 3.28. The van der Waals surface area contributed by atoms with Gasteiger partial charge in [-0.3, -0.25) is 4.79 Å². The molecule has 0 saturated heterocycles. The van der Waals surface area contributed by atoms with Crippen molar-refractivity contribution in [3.8, 4) is 0 Å². The molecule has 0 radical (unpaired) electrons. The summed E-state index contributed by atoms with van der Waals surface area (Å²) in [7, 11) is 0. The Morgan fingerprint density at radius 2 is 2.00 bits per heavy atom. The number of Topliss-reactive ketones (excluding diaryl/α,β-unsaturated/α-hetero) is 1. The fraction of sp³-hybridized carbons (Fsp3) is 0.364. The second-order valence-corrected chi connectivity index (χ2v) is 4.73. The van der Waals surface area contributed by atoms with Gasteiger partial charge in [0.15, 0.2) is 5.78 Å². The third-order valence-corrected chi connectivity index (χ3v) is 2.58. The molecule has 0 aromatic heterocycles. The number of alkyl halides is 3. The number of halogens is 3. The minimum Gasteiger partial charge on any atom is -0.293 e. The van der Waals surface area contributed by atoms with Crippen molar-refractivity contribution in [3.63, 3.8) is 0 Å². The highest BCUT2D eigenvalue weighted by molar-refractivity contribution is 9.10. The summed E-state index contributed by atoms with van der Waals surface area (Å²) in [6, 6.07) is 4.38. The molecule has 0 aliphatic carbocycles. The molecule has 4 heteroatoms. The topological polar surface area (TPSA) is 17.1 Å². The van der Waals surface area contributed by atoms with Crippen LogP contribution in [-0.4, -0.2) is 10.6 Å². The Morgan fingerprint density at radius 3 is 2.47 bits per heavy atom. The molecule has 0 amide bonds. The highest BCUT2D eigenvalue weighted by Crippen LogP contribution is 2.24. The first-order chi connectivity index (χ1) is 6.93. The highest BCUT2D eigenvalue weighted by Gasteiger charge is 2.16. The van der Waals surface area contributed by atoms with Gasteiger partial charge in [-0.2, -0.15) is 0 Å². The second kappa shape index (κ2) is 4.84. The Hall–Kier alpha value is -0.770. The number of benzene rings is 1. The van der Waals surface area contributed by atoms with Crippen LogP contribution in [0.3, 0.4) is 0 Å². The molecule has 0 spiro atoms. The maximum absolute atomic E-state index is 12.5. The summed E-state index contributed by atoms with van der Waals surface area (Å²) in [5.74, 6) is -0.183. The van der Waals surface area contributed by atoms with Crippen LogP contribution in [0, 0.1) is 6.92 Å². The van der Waals surface area contributed by atoms with Gasteiger partial charge < -0.3 is 0 Å². The largest absolute Gasteiger partial charge is 0.293 e. The molecule has 0 fully saturated rings. The van der Waals surface area contributed by atoms with Crippen LogP contribution in [0.15, 0.2) is 18.2 Å². The van der Waals surface area contributed by atoms with Crippen LogP contribution in [0.2, 0.25) is 0 Å². The van der Waals surface area contributed by atoms with Gasteiger partial charge in [0.25, 0.3) is 6.43 Å². The fourth-order valence-corrected chi connectivity index (χ4v) is 1.52. The van der Waals surface area contributed by atoms with Crippen LogP contribution in [0.5, 0.6) is 0 Å². The van der Waals surface area contributed by atoms with Crippen molar-refractivity contribution in [2.45, 2.75) is 25.1 Å². The van der Waals surface area contributed by atoms with Gasteiger partial charge in [0.1, 0.15) is 0 Å². The molecule has 0 N–H and O–H groups in total. The lowest BCUT2D eigenvalue weighted by Crippen LogP contribution is -2.10. The van der Waals surface area contributed by atoms with Crippen molar-refractivity contribution in [3.05, 3.63) is 34.9 Å². The lowest BCUT2D eigenvalue weighted by Gasteiger charge is -2.08. The number of carbonyl (C=O) groups excluding carboxylic acids is 1. The van der Waals surface area contributed by atoms with E-state index in [1.54, 1.807) is 26.0 Å². The van der Waals surface area contributed by atoms with Crippen molar-refractivity contribution in [2.24, 2.45) is 0 Å². The molecule has 1 rings (SSSR count). The molecule has 82 valence electrons. The van der Waals surface area contributed by atoms with E-state index in [0.29, 0.717) is 11.1 Å². The third-order valence-electron chi connectivity index (χ3n) is 2.16. The van der Waals surface area contributed by atoms with E-state index in [4.69, 9.17) is 0 Å². The summed E-state index contributed by atoms with van der Waals surface area (Å²) in [6.07, 6.45) is -2.54. The quantitative estimate of drug-likeness (QED) is 0.605. The van der Waals surface area contributed by atoms with E-state index in [2.05, 4.69) is 15.9 Å². The zero-order chi connectivity index (χ0) is 11.6. The number of rotatable bonds is 3. The molecule has 1 atom stereocenters. The van der Waals surface area contributed by atoms with E-state index in [-0.39, 0.29) is 16.2 Å². The number of hydrogen-bond donors (Lipinski definition) is 0. The SMILES string of the molecule is Cc1ccc(C(=O)C(C)Br)cc1C(F)F. The van der Waals surface area contributed by atoms with E-state index >= 15 is 0 Å². The fourth-order valence-electron chi connectivity index (χ4n) is 1.26. The van der Waals surface area contributed by atoms with Crippen molar-refractivity contribution in [1.29, 1.82) is 0 Å². The van der Waals surface area contributed by atoms with Crippen molar-refractivity contribution in [2.75, 3.05) is 0 Å². The van der Waals surface area contributed by atoms with Gasteiger partial charge in [-0.25, -0.2) is 8.78 Å². The first-order valence-corrected chi connectivity index (χ1v) is 5.42. The highest BCUT2D eigenvalue weighted by atomic mass is 79.9. The number of hydrogen-bond acceptors (Lipinski definition) is 1.